The third-order valence-electron chi connectivity index (χ3n) is 4.40. The number of hydrogen-bond acceptors (Lipinski definition) is 3. The van der Waals surface area contributed by atoms with E-state index in [4.69, 9.17) is 5.26 Å². The Bertz CT molecular complexity index is 749. The molecule has 3 rings (SSSR count). The number of amides is 1. The van der Waals surface area contributed by atoms with Crippen LogP contribution in [0.3, 0.4) is 0 Å². The monoisotopic (exact) mass is 305 g/mol. The topological polar surface area (TPSA) is 56.1 Å². The van der Waals surface area contributed by atoms with Crippen molar-refractivity contribution in [2.45, 2.75) is 12.3 Å². The highest BCUT2D eigenvalue weighted by molar-refractivity contribution is 5.95. The van der Waals surface area contributed by atoms with Gasteiger partial charge in [0.1, 0.15) is 0 Å². The lowest BCUT2D eigenvalue weighted by Gasteiger charge is -2.17. The van der Waals surface area contributed by atoms with Crippen molar-refractivity contribution in [2.24, 2.45) is 0 Å². The van der Waals surface area contributed by atoms with E-state index in [0.717, 1.165) is 29.7 Å². The number of nitrogens with one attached hydrogen (secondary N) is 1. The molecule has 4 heteroatoms. The van der Waals surface area contributed by atoms with Crippen LogP contribution in [0.5, 0.6) is 0 Å². The van der Waals surface area contributed by atoms with Crippen molar-refractivity contribution in [3.63, 3.8) is 0 Å². The molecular formula is C19H19N3O. The fourth-order valence-electron chi connectivity index (χ4n) is 3.17. The molecule has 1 fully saturated rings. The van der Waals surface area contributed by atoms with Crippen molar-refractivity contribution in [1.29, 1.82) is 5.26 Å². The zero-order valence-corrected chi connectivity index (χ0v) is 13.1. The summed E-state index contributed by atoms with van der Waals surface area (Å²) >= 11 is 0. The molecule has 1 N–H and O–H groups in total. The van der Waals surface area contributed by atoms with E-state index >= 15 is 0 Å². The zero-order chi connectivity index (χ0) is 16.2. The SMILES string of the molecule is CNC(=O)c1ccc(-c2ccccc2)c(C2CCN(C#N)C2)c1. The summed E-state index contributed by atoms with van der Waals surface area (Å²) in [6, 6.07) is 16.0. The van der Waals surface area contributed by atoms with Gasteiger partial charge in [0.25, 0.3) is 5.91 Å². The zero-order valence-electron chi connectivity index (χ0n) is 13.1. The second kappa shape index (κ2) is 6.53. The summed E-state index contributed by atoms with van der Waals surface area (Å²) in [6.45, 7) is 1.49. The van der Waals surface area contributed by atoms with Crippen LogP contribution >= 0.6 is 0 Å². The molecule has 4 nitrogen and oxygen atoms in total. The second-order valence-corrected chi connectivity index (χ2v) is 5.78. The molecule has 0 aliphatic carbocycles. The van der Waals surface area contributed by atoms with Gasteiger partial charge < -0.3 is 10.2 Å². The van der Waals surface area contributed by atoms with E-state index < -0.39 is 0 Å². The van der Waals surface area contributed by atoms with Crippen LogP contribution in [0, 0.1) is 11.5 Å². The smallest absolute Gasteiger partial charge is 0.251 e. The van der Waals surface area contributed by atoms with Crippen molar-refractivity contribution in [1.82, 2.24) is 10.2 Å². The molecule has 1 saturated heterocycles. The molecule has 2 aromatic carbocycles. The first-order chi connectivity index (χ1) is 11.2. The summed E-state index contributed by atoms with van der Waals surface area (Å²) < 4.78 is 0. The Kier molecular flexibility index (Phi) is 4.29. The molecule has 0 spiro atoms. The lowest BCUT2D eigenvalue weighted by atomic mass is 9.88. The normalized spacial score (nSPS) is 16.9. The molecule has 0 aromatic heterocycles. The molecule has 1 aliphatic rings. The van der Waals surface area contributed by atoms with Gasteiger partial charge >= 0.3 is 0 Å². The van der Waals surface area contributed by atoms with Crippen molar-refractivity contribution in [3.8, 4) is 17.3 Å². The predicted molar refractivity (Wildman–Crippen MR) is 89.8 cm³/mol. The molecule has 0 saturated carbocycles. The molecule has 1 atom stereocenters. The molecule has 1 heterocycles. The van der Waals surface area contributed by atoms with Crippen LogP contribution in [0.25, 0.3) is 11.1 Å². The fourth-order valence-corrected chi connectivity index (χ4v) is 3.17. The maximum absolute atomic E-state index is 12.0. The van der Waals surface area contributed by atoms with E-state index in [1.54, 1.807) is 11.9 Å². The molecule has 23 heavy (non-hydrogen) atoms. The highest BCUT2D eigenvalue weighted by atomic mass is 16.1. The summed E-state index contributed by atoms with van der Waals surface area (Å²) in [6.07, 6.45) is 3.16. The van der Waals surface area contributed by atoms with Crippen LogP contribution in [0.2, 0.25) is 0 Å². The molecular weight excluding hydrogens is 286 g/mol. The second-order valence-electron chi connectivity index (χ2n) is 5.78. The highest BCUT2D eigenvalue weighted by Gasteiger charge is 2.26. The van der Waals surface area contributed by atoms with Crippen molar-refractivity contribution in [3.05, 3.63) is 59.7 Å². The van der Waals surface area contributed by atoms with Crippen LogP contribution < -0.4 is 5.32 Å². The van der Waals surface area contributed by atoms with Crippen LogP contribution in [-0.2, 0) is 0 Å². The average molecular weight is 305 g/mol. The van der Waals surface area contributed by atoms with Gasteiger partial charge in [-0.3, -0.25) is 4.79 Å². The lowest BCUT2D eigenvalue weighted by Crippen LogP contribution is -2.18. The first kappa shape index (κ1) is 15.1. The number of carbonyl (C=O) groups excluding carboxylic acids is 1. The standard InChI is InChI=1S/C19H19N3O/c1-21-19(23)15-7-8-17(14-5-3-2-4-6-14)18(11-15)16-9-10-22(12-16)13-20/h2-8,11,16H,9-10,12H2,1H3,(H,21,23). The first-order valence-electron chi connectivity index (χ1n) is 7.79. The lowest BCUT2D eigenvalue weighted by molar-refractivity contribution is 0.0963. The van der Waals surface area contributed by atoms with Crippen LogP contribution in [0.1, 0.15) is 28.3 Å². The van der Waals surface area contributed by atoms with Gasteiger partial charge in [0.05, 0.1) is 0 Å². The molecule has 1 unspecified atom stereocenters. The number of likely N-dealkylation sites (tertiary alicyclic amines) is 1. The minimum Gasteiger partial charge on any atom is -0.355 e. The van der Waals surface area contributed by atoms with Gasteiger partial charge in [0.2, 0.25) is 0 Å². The van der Waals surface area contributed by atoms with E-state index in [9.17, 15) is 4.79 Å². The number of nitriles is 1. The van der Waals surface area contributed by atoms with Crippen LogP contribution in [-0.4, -0.2) is 30.9 Å². The van der Waals surface area contributed by atoms with Crippen LogP contribution in [0.4, 0.5) is 0 Å². The third-order valence-corrected chi connectivity index (χ3v) is 4.40. The Labute approximate surface area is 136 Å². The third kappa shape index (κ3) is 3.04. The highest BCUT2D eigenvalue weighted by Crippen LogP contribution is 2.35. The Morgan fingerprint density at radius 2 is 2.04 bits per heavy atom. The number of nitrogens with zero attached hydrogens (tertiary/aromatic N) is 2. The number of hydrogen-bond donors (Lipinski definition) is 1. The predicted octanol–water partition coefficient (Wildman–Crippen LogP) is 2.98. The summed E-state index contributed by atoms with van der Waals surface area (Å²) in [5, 5.41) is 11.8. The van der Waals surface area contributed by atoms with Crippen molar-refractivity contribution in [2.75, 3.05) is 20.1 Å². The van der Waals surface area contributed by atoms with Gasteiger partial charge in [-0.1, -0.05) is 36.4 Å². The number of carbonyl (C=O) groups is 1. The van der Waals surface area contributed by atoms with Gasteiger partial charge in [0.15, 0.2) is 6.19 Å². The van der Waals surface area contributed by atoms with Gasteiger partial charge in [-0.25, -0.2) is 0 Å². The van der Waals surface area contributed by atoms with E-state index in [-0.39, 0.29) is 11.8 Å². The van der Waals surface area contributed by atoms with Crippen molar-refractivity contribution < 1.29 is 4.79 Å². The van der Waals surface area contributed by atoms with E-state index in [2.05, 4.69) is 23.6 Å². The minimum absolute atomic E-state index is 0.0824. The molecule has 2 aromatic rings. The summed E-state index contributed by atoms with van der Waals surface area (Å²) in [7, 11) is 1.64. The molecule has 1 amide bonds. The quantitative estimate of drug-likeness (QED) is 0.887. The molecule has 116 valence electrons. The Balaban J connectivity index is 2.06. The number of rotatable bonds is 3. The maximum atomic E-state index is 12.0. The molecule has 0 radical (unpaired) electrons. The number of benzene rings is 2. The summed E-state index contributed by atoms with van der Waals surface area (Å²) in [5.74, 6) is 0.190. The summed E-state index contributed by atoms with van der Waals surface area (Å²) in [5.41, 5.74) is 4.09. The van der Waals surface area contributed by atoms with Gasteiger partial charge in [-0.2, -0.15) is 5.26 Å². The van der Waals surface area contributed by atoms with Crippen LogP contribution in [0.15, 0.2) is 48.5 Å². The van der Waals surface area contributed by atoms with Crippen molar-refractivity contribution >= 4 is 5.91 Å². The van der Waals surface area contributed by atoms with E-state index in [0.29, 0.717) is 12.1 Å². The molecule has 1 aliphatic heterocycles. The fraction of sp³-hybridized carbons (Fsp3) is 0.263. The van der Waals surface area contributed by atoms with E-state index in [1.165, 1.54) is 0 Å². The van der Waals surface area contributed by atoms with Gasteiger partial charge in [-0.05, 0) is 35.2 Å². The average Bonchev–Trinajstić information content (AvgIpc) is 3.10. The summed E-state index contributed by atoms with van der Waals surface area (Å²) in [4.78, 5) is 13.8. The Hall–Kier alpha value is -2.80. The maximum Gasteiger partial charge on any atom is 0.251 e. The Morgan fingerprint density at radius 3 is 2.70 bits per heavy atom. The van der Waals surface area contributed by atoms with E-state index in [1.807, 2.05) is 36.4 Å². The van der Waals surface area contributed by atoms with Gasteiger partial charge in [-0.15, -0.1) is 0 Å². The largest absolute Gasteiger partial charge is 0.355 e. The van der Waals surface area contributed by atoms with Gasteiger partial charge in [0, 0.05) is 31.6 Å². The molecule has 0 bridgehead atoms. The minimum atomic E-state index is -0.0824. The first-order valence-corrected chi connectivity index (χ1v) is 7.79. The Morgan fingerprint density at radius 1 is 1.26 bits per heavy atom.